The van der Waals surface area contributed by atoms with E-state index in [0.717, 1.165) is 25.2 Å². The first-order valence-corrected chi connectivity index (χ1v) is 6.68. The van der Waals surface area contributed by atoms with Gasteiger partial charge < -0.3 is 14.9 Å². The molecule has 1 aliphatic heterocycles. The molecular formula is C15H22O3. The lowest BCUT2D eigenvalue weighted by molar-refractivity contribution is -0.0667. The second kappa shape index (κ2) is 5.29. The van der Waals surface area contributed by atoms with Gasteiger partial charge in [0.15, 0.2) is 0 Å². The van der Waals surface area contributed by atoms with Gasteiger partial charge in [-0.25, -0.2) is 0 Å². The molecule has 0 amide bonds. The molecule has 0 radical (unpaired) electrons. The Labute approximate surface area is 108 Å². The molecule has 2 rings (SSSR count). The van der Waals surface area contributed by atoms with Crippen LogP contribution in [0.3, 0.4) is 0 Å². The Morgan fingerprint density at radius 2 is 2.22 bits per heavy atom. The second-order valence-electron chi connectivity index (χ2n) is 5.31. The smallest absolute Gasteiger partial charge is 0.122 e. The lowest BCUT2D eigenvalue weighted by atomic mass is 9.91. The van der Waals surface area contributed by atoms with Gasteiger partial charge in [0, 0.05) is 6.42 Å². The van der Waals surface area contributed by atoms with Crippen LogP contribution in [0.1, 0.15) is 37.8 Å². The van der Waals surface area contributed by atoms with Crippen molar-refractivity contribution >= 4 is 0 Å². The van der Waals surface area contributed by atoms with Gasteiger partial charge in [-0.15, -0.1) is 0 Å². The van der Waals surface area contributed by atoms with Gasteiger partial charge in [0.25, 0.3) is 0 Å². The van der Waals surface area contributed by atoms with E-state index in [1.807, 2.05) is 19.1 Å². The predicted molar refractivity (Wildman–Crippen MR) is 70.9 cm³/mol. The molecule has 1 heterocycles. The van der Waals surface area contributed by atoms with E-state index < -0.39 is 11.7 Å². The Kier molecular flexibility index (Phi) is 3.93. The Hall–Kier alpha value is -1.06. The molecule has 3 nitrogen and oxygen atoms in total. The van der Waals surface area contributed by atoms with E-state index in [9.17, 15) is 10.2 Å². The Bertz CT molecular complexity index is 412. The highest BCUT2D eigenvalue weighted by molar-refractivity contribution is 5.39. The van der Waals surface area contributed by atoms with Crippen LogP contribution in [0.4, 0.5) is 0 Å². The number of rotatable bonds is 5. The van der Waals surface area contributed by atoms with Gasteiger partial charge in [-0.2, -0.15) is 0 Å². The molecule has 0 spiro atoms. The summed E-state index contributed by atoms with van der Waals surface area (Å²) in [4.78, 5) is 0. The maximum Gasteiger partial charge on any atom is 0.122 e. The van der Waals surface area contributed by atoms with Crippen molar-refractivity contribution in [3.05, 3.63) is 29.3 Å². The third kappa shape index (κ3) is 2.85. The minimum absolute atomic E-state index is 0.562. The van der Waals surface area contributed by atoms with E-state index in [4.69, 9.17) is 4.74 Å². The van der Waals surface area contributed by atoms with Gasteiger partial charge in [0.05, 0.1) is 18.3 Å². The molecule has 3 heteroatoms. The largest absolute Gasteiger partial charge is 0.493 e. The van der Waals surface area contributed by atoms with Crippen molar-refractivity contribution in [3.8, 4) is 5.75 Å². The molecule has 2 atom stereocenters. The normalized spacial score (nSPS) is 18.9. The van der Waals surface area contributed by atoms with Gasteiger partial charge >= 0.3 is 0 Å². The lowest BCUT2D eigenvalue weighted by Gasteiger charge is -2.27. The quantitative estimate of drug-likeness (QED) is 0.841. The molecule has 18 heavy (non-hydrogen) atoms. The first kappa shape index (κ1) is 13.4. The first-order valence-electron chi connectivity index (χ1n) is 6.68. The highest BCUT2D eigenvalue weighted by Gasteiger charge is 2.27. The molecule has 0 saturated heterocycles. The van der Waals surface area contributed by atoms with Crippen molar-refractivity contribution in [2.24, 2.45) is 0 Å². The number of aliphatic hydroxyl groups excluding tert-OH is 1. The van der Waals surface area contributed by atoms with Crippen molar-refractivity contribution in [1.82, 2.24) is 0 Å². The fourth-order valence-electron chi connectivity index (χ4n) is 2.25. The molecule has 0 aromatic heterocycles. The molecule has 0 aliphatic carbocycles. The van der Waals surface area contributed by atoms with Crippen LogP contribution in [0.5, 0.6) is 5.75 Å². The number of hydrogen-bond donors (Lipinski definition) is 2. The van der Waals surface area contributed by atoms with Crippen molar-refractivity contribution in [1.29, 1.82) is 0 Å². The van der Waals surface area contributed by atoms with Crippen LogP contribution in [0.25, 0.3) is 0 Å². The summed E-state index contributed by atoms with van der Waals surface area (Å²) in [6.07, 6.45) is 2.22. The summed E-state index contributed by atoms with van der Waals surface area (Å²) in [5, 5.41) is 19.9. The second-order valence-corrected chi connectivity index (χ2v) is 5.31. The van der Waals surface area contributed by atoms with Crippen LogP contribution in [0.15, 0.2) is 18.2 Å². The summed E-state index contributed by atoms with van der Waals surface area (Å²) in [7, 11) is 0. The molecule has 1 aromatic carbocycles. The van der Waals surface area contributed by atoms with Gasteiger partial charge in [0.2, 0.25) is 0 Å². The van der Waals surface area contributed by atoms with Crippen molar-refractivity contribution < 1.29 is 14.9 Å². The maximum atomic E-state index is 9.96. The Balaban J connectivity index is 1.94. The van der Waals surface area contributed by atoms with Crippen LogP contribution in [0.2, 0.25) is 0 Å². The van der Waals surface area contributed by atoms with Crippen molar-refractivity contribution in [2.45, 2.75) is 51.2 Å². The highest BCUT2D eigenvalue weighted by Crippen LogP contribution is 2.27. The monoisotopic (exact) mass is 250 g/mol. The fourth-order valence-corrected chi connectivity index (χ4v) is 2.25. The standard InChI is InChI=1S/C15H22O3/c1-3-15(2,17)14(16)7-5-11-4-6-13-12(10-11)8-9-18-13/h4,6,10,14,16-17H,3,5,7-9H2,1-2H3. The topological polar surface area (TPSA) is 49.7 Å². The van der Waals surface area contributed by atoms with Gasteiger partial charge in [-0.3, -0.25) is 0 Å². The van der Waals surface area contributed by atoms with E-state index in [1.54, 1.807) is 6.92 Å². The van der Waals surface area contributed by atoms with Gasteiger partial charge in [-0.1, -0.05) is 19.1 Å². The Morgan fingerprint density at radius 1 is 1.44 bits per heavy atom. The zero-order valence-electron chi connectivity index (χ0n) is 11.1. The average Bonchev–Trinajstić information content (AvgIpc) is 2.83. The van der Waals surface area contributed by atoms with Crippen LogP contribution in [-0.4, -0.2) is 28.5 Å². The molecule has 2 unspecified atom stereocenters. The summed E-state index contributed by atoms with van der Waals surface area (Å²) in [5.74, 6) is 0.986. The number of aryl methyl sites for hydroxylation is 1. The third-order valence-electron chi connectivity index (χ3n) is 3.89. The minimum Gasteiger partial charge on any atom is -0.493 e. The number of aliphatic hydroxyl groups is 2. The van der Waals surface area contributed by atoms with Crippen molar-refractivity contribution in [2.75, 3.05) is 6.61 Å². The summed E-state index contributed by atoms with van der Waals surface area (Å²) in [6, 6.07) is 6.19. The molecular weight excluding hydrogens is 228 g/mol. The fraction of sp³-hybridized carbons (Fsp3) is 0.600. The van der Waals surface area contributed by atoms with Crippen LogP contribution >= 0.6 is 0 Å². The first-order chi connectivity index (χ1) is 8.53. The maximum absolute atomic E-state index is 9.96. The molecule has 1 aromatic rings. The molecule has 2 N–H and O–H groups in total. The van der Waals surface area contributed by atoms with E-state index in [2.05, 4.69) is 6.07 Å². The zero-order valence-corrected chi connectivity index (χ0v) is 11.1. The molecule has 0 saturated carbocycles. The van der Waals surface area contributed by atoms with Crippen LogP contribution in [0, 0.1) is 0 Å². The van der Waals surface area contributed by atoms with E-state index in [0.29, 0.717) is 12.8 Å². The summed E-state index contributed by atoms with van der Waals surface area (Å²) in [6.45, 7) is 4.34. The van der Waals surface area contributed by atoms with Crippen LogP contribution in [-0.2, 0) is 12.8 Å². The summed E-state index contributed by atoms with van der Waals surface area (Å²) < 4.78 is 5.46. The van der Waals surface area contributed by atoms with E-state index >= 15 is 0 Å². The molecule has 0 fully saturated rings. The average molecular weight is 250 g/mol. The Morgan fingerprint density at radius 3 is 2.94 bits per heavy atom. The van der Waals surface area contributed by atoms with Gasteiger partial charge in [-0.05, 0) is 43.4 Å². The van der Waals surface area contributed by atoms with Crippen LogP contribution < -0.4 is 4.74 Å². The number of fused-ring (bicyclic) bond motifs is 1. The molecule has 100 valence electrons. The predicted octanol–water partition coefficient (Wildman–Crippen LogP) is 2.08. The SMILES string of the molecule is CCC(C)(O)C(O)CCc1ccc2c(c1)CCO2. The number of ether oxygens (including phenoxy) is 1. The molecule has 0 bridgehead atoms. The number of hydrogen-bond acceptors (Lipinski definition) is 3. The van der Waals surface area contributed by atoms with E-state index in [1.165, 1.54) is 11.1 Å². The zero-order chi connectivity index (χ0) is 13.2. The highest BCUT2D eigenvalue weighted by atomic mass is 16.5. The van der Waals surface area contributed by atoms with Gasteiger partial charge in [0.1, 0.15) is 5.75 Å². The summed E-state index contributed by atoms with van der Waals surface area (Å²) >= 11 is 0. The van der Waals surface area contributed by atoms with E-state index in [-0.39, 0.29) is 0 Å². The number of benzene rings is 1. The summed E-state index contributed by atoms with van der Waals surface area (Å²) in [5.41, 5.74) is 1.47. The van der Waals surface area contributed by atoms with Crippen molar-refractivity contribution in [3.63, 3.8) is 0 Å². The third-order valence-corrected chi connectivity index (χ3v) is 3.89. The minimum atomic E-state index is -0.986. The lowest BCUT2D eigenvalue weighted by Crippen LogP contribution is -2.38. The molecule has 1 aliphatic rings.